The van der Waals surface area contributed by atoms with E-state index in [-0.39, 0.29) is 5.76 Å². The van der Waals surface area contributed by atoms with Crippen molar-refractivity contribution in [1.82, 2.24) is 0 Å². The summed E-state index contributed by atoms with van der Waals surface area (Å²) in [7, 11) is -1.09. The first-order valence-corrected chi connectivity index (χ1v) is 5.18. The molecule has 1 unspecified atom stereocenters. The second-order valence-corrected chi connectivity index (χ2v) is 4.59. The Kier molecular flexibility index (Phi) is 3.27. The zero-order valence-electron chi connectivity index (χ0n) is 7.34. The van der Waals surface area contributed by atoms with Gasteiger partial charge in [0, 0.05) is 14.2 Å². The Morgan fingerprint density at radius 1 is 1.54 bits per heavy atom. The third kappa shape index (κ3) is 2.00. The average Bonchev–Trinajstić information content (AvgIpc) is 2.68. The van der Waals surface area contributed by atoms with E-state index in [4.69, 9.17) is 4.42 Å². The molecular formula is C7H11O5P. The molecule has 6 heteroatoms. The van der Waals surface area contributed by atoms with Gasteiger partial charge in [0.1, 0.15) is 5.76 Å². The fourth-order valence-corrected chi connectivity index (χ4v) is 1.88. The molecule has 0 saturated heterocycles. The molecule has 0 aliphatic carbocycles. The van der Waals surface area contributed by atoms with Crippen molar-refractivity contribution in [2.45, 2.75) is 5.85 Å². The lowest BCUT2D eigenvalue weighted by molar-refractivity contribution is 0.158. The van der Waals surface area contributed by atoms with Crippen LogP contribution in [0.2, 0.25) is 0 Å². The van der Waals surface area contributed by atoms with E-state index in [9.17, 15) is 9.67 Å². The van der Waals surface area contributed by atoms with Crippen molar-refractivity contribution in [2.75, 3.05) is 14.2 Å². The molecule has 74 valence electrons. The van der Waals surface area contributed by atoms with Crippen LogP contribution in [0.4, 0.5) is 0 Å². The maximum atomic E-state index is 11.6. The van der Waals surface area contributed by atoms with Crippen molar-refractivity contribution in [2.24, 2.45) is 0 Å². The maximum absolute atomic E-state index is 11.6. The lowest BCUT2D eigenvalue weighted by Gasteiger charge is -2.17. The fraction of sp³-hybridized carbons (Fsp3) is 0.429. The summed E-state index contributed by atoms with van der Waals surface area (Å²) in [4.78, 5) is 0. The predicted molar refractivity (Wildman–Crippen MR) is 45.3 cm³/mol. The van der Waals surface area contributed by atoms with E-state index in [1.807, 2.05) is 0 Å². The predicted octanol–water partition coefficient (Wildman–Crippen LogP) is 1.76. The zero-order chi connectivity index (χ0) is 9.90. The zero-order valence-corrected chi connectivity index (χ0v) is 8.23. The molecule has 1 N–H and O–H groups in total. The molecule has 0 aliphatic rings. The molecule has 1 heterocycles. The van der Waals surface area contributed by atoms with Crippen LogP contribution in [0.1, 0.15) is 11.6 Å². The van der Waals surface area contributed by atoms with Gasteiger partial charge in [0.15, 0.2) is 0 Å². The van der Waals surface area contributed by atoms with E-state index in [0.717, 1.165) is 0 Å². The van der Waals surface area contributed by atoms with E-state index in [0.29, 0.717) is 0 Å². The van der Waals surface area contributed by atoms with Gasteiger partial charge in [-0.15, -0.1) is 0 Å². The number of aliphatic hydroxyl groups is 1. The summed E-state index contributed by atoms with van der Waals surface area (Å²) in [6, 6.07) is 3.07. The van der Waals surface area contributed by atoms with Crippen LogP contribution >= 0.6 is 7.60 Å². The van der Waals surface area contributed by atoms with Gasteiger partial charge in [-0.1, -0.05) is 0 Å². The lowest BCUT2D eigenvalue weighted by Crippen LogP contribution is -2.01. The summed E-state index contributed by atoms with van der Waals surface area (Å²) >= 11 is 0. The van der Waals surface area contributed by atoms with Crippen LogP contribution in [0.3, 0.4) is 0 Å². The summed E-state index contributed by atoms with van der Waals surface area (Å²) < 4.78 is 25.6. The normalized spacial score (nSPS) is 14.4. The fourth-order valence-electron chi connectivity index (χ4n) is 0.868. The summed E-state index contributed by atoms with van der Waals surface area (Å²) in [6.45, 7) is 0. The van der Waals surface area contributed by atoms with Crippen LogP contribution in [-0.2, 0) is 13.6 Å². The molecule has 0 aliphatic heterocycles. The highest BCUT2D eigenvalue weighted by Gasteiger charge is 2.35. The smallest absolute Gasteiger partial charge is 0.366 e. The van der Waals surface area contributed by atoms with Crippen LogP contribution in [0.15, 0.2) is 22.8 Å². The molecule has 1 aromatic rings. The van der Waals surface area contributed by atoms with Gasteiger partial charge in [-0.2, -0.15) is 0 Å². The molecule has 0 bridgehead atoms. The van der Waals surface area contributed by atoms with Gasteiger partial charge in [0.2, 0.25) is 5.85 Å². The second-order valence-electron chi connectivity index (χ2n) is 2.29. The Morgan fingerprint density at radius 2 is 2.15 bits per heavy atom. The standard InChI is InChI=1S/C7H11O5P/c1-10-13(9,11-2)7(8)6-4-3-5-12-6/h3-5,7-8H,1-2H3. The van der Waals surface area contributed by atoms with Gasteiger partial charge in [0.25, 0.3) is 0 Å². The first kappa shape index (κ1) is 10.5. The van der Waals surface area contributed by atoms with Gasteiger partial charge >= 0.3 is 7.60 Å². The molecule has 0 radical (unpaired) electrons. The molecule has 0 saturated carbocycles. The highest BCUT2D eigenvalue weighted by Crippen LogP contribution is 2.58. The monoisotopic (exact) mass is 206 g/mol. The van der Waals surface area contributed by atoms with Crippen LogP contribution in [0.5, 0.6) is 0 Å². The third-order valence-electron chi connectivity index (χ3n) is 1.61. The van der Waals surface area contributed by atoms with Crippen molar-refractivity contribution >= 4 is 7.60 Å². The molecule has 0 aromatic carbocycles. The van der Waals surface area contributed by atoms with Crippen LogP contribution < -0.4 is 0 Å². The second kappa shape index (κ2) is 4.07. The van der Waals surface area contributed by atoms with Crippen LogP contribution in [0, 0.1) is 0 Å². The topological polar surface area (TPSA) is 68.9 Å². The van der Waals surface area contributed by atoms with Gasteiger partial charge in [-0.25, -0.2) is 0 Å². The number of hydrogen-bond acceptors (Lipinski definition) is 5. The Hall–Kier alpha value is -0.610. The van der Waals surface area contributed by atoms with Crippen molar-refractivity contribution in [3.63, 3.8) is 0 Å². The molecule has 1 rings (SSSR count). The van der Waals surface area contributed by atoms with Crippen molar-refractivity contribution in [1.29, 1.82) is 0 Å². The third-order valence-corrected chi connectivity index (χ3v) is 3.48. The van der Waals surface area contributed by atoms with E-state index in [1.165, 1.54) is 26.5 Å². The Balaban J connectivity index is 2.89. The number of rotatable bonds is 4. The molecule has 0 fully saturated rings. The largest absolute Gasteiger partial charge is 0.466 e. The average molecular weight is 206 g/mol. The van der Waals surface area contributed by atoms with Gasteiger partial charge < -0.3 is 18.6 Å². The summed E-state index contributed by atoms with van der Waals surface area (Å²) in [6.07, 6.45) is 1.37. The van der Waals surface area contributed by atoms with E-state index < -0.39 is 13.4 Å². The van der Waals surface area contributed by atoms with E-state index in [1.54, 1.807) is 6.07 Å². The number of hydrogen-bond donors (Lipinski definition) is 1. The number of furan rings is 1. The SMILES string of the molecule is COP(=O)(OC)C(O)c1ccco1. The quantitative estimate of drug-likeness (QED) is 0.760. The number of aliphatic hydroxyl groups excluding tert-OH is 1. The van der Waals surface area contributed by atoms with Crippen molar-refractivity contribution < 1.29 is 23.1 Å². The minimum Gasteiger partial charge on any atom is -0.466 e. The molecule has 1 aromatic heterocycles. The molecular weight excluding hydrogens is 195 g/mol. The summed E-state index contributed by atoms with van der Waals surface area (Å²) in [5, 5.41) is 9.52. The minimum absolute atomic E-state index is 0.159. The lowest BCUT2D eigenvalue weighted by atomic mass is 10.5. The van der Waals surface area contributed by atoms with Crippen molar-refractivity contribution in [3.05, 3.63) is 24.2 Å². The van der Waals surface area contributed by atoms with E-state index in [2.05, 4.69) is 9.05 Å². The van der Waals surface area contributed by atoms with Gasteiger partial charge in [0.05, 0.1) is 6.26 Å². The Labute approximate surface area is 75.8 Å². The van der Waals surface area contributed by atoms with Gasteiger partial charge in [-0.05, 0) is 12.1 Å². The minimum atomic E-state index is -3.50. The molecule has 0 spiro atoms. The first-order chi connectivity index (χ1) is 6.14. The van der Waals surface area contributed by atoms with Crippen LogP contribution in [-0.4, -0.2) is 19.3 Å². The van der Waals surface area contributed by atoms with Gasteiger partial charge in [-0.3, -0.25) is 4.57 Å². The molecule has 13 heavy (non-hydrogen) atoms. The Morgan fingerprint density at radius 3 is 2.54 bits per heavy atom. The maximum Gasteiger partial charge on any atom is 0.366 e. The van der Waals surface area contributed by atoms with Crippen LogP contribution in [0.25, 0.3) is 0 Å². The Bertz CT molecular complexity index is 286. The highest BCUT2D eigenvalue weighted by atomic mass is 31.2. The molecule has 0 amide bonds. The van der Waals surface area contributed by atoms with E-state index >= 15 is 0 Å². The molecule has 1 atom stereocenters. The first-order valence-electron chi connectivity index (χ1n) is 3.56. The summed E-state index contributed by atoms with van der Waals surface area (Å²) in [5.41, 5.74) is 0. The van der Waals surface area contributed by atoms with Crippen molar-refractivity contribution in [3.8, 4) is 0 Å². The molecule has 5 nitrogen and oxygen atoms in total. The highest BCUT2D eigenvalue weighted by molar-refractivity contribution is 7.53. The summed E-state index contributed by atoms with van der Waals surface area (Å²) in [5.74, 6) is -1.22.